The number of benzene rings is 1. The Morgan fingerprint density at radius 3 is 2.39 bits per heavy atom. The van der Waals surface area contributed by atoms with E-state index in [2.05, 4.69) is 57.6 Å². The minimum atomic E-state index is -0.732. The van der Waals surface area contributed by atoms with Gasteiger partial charge < -0.3 is 29.9 Å². The average molecular weight is 961 g/mol. The highest BCUT2D eigenvalue weighted by molar-refractivity contribution is 6.00. The van der Waals surface area contributed by atoms with Crippen molar-refractivity contribution >= 4 is 52.2 Å². The number of hydrogen-bond acceptors (Lipinski definition) is 14. The van der Waals surface area contributed by atoms with Crippen LogP contribution in [0.25, 0.3) is 11.0 Å². The van der Waals surface area contributed by atoms with Crippen LogP contribution in [0, 0.1) is 23.7 Å². The predicted octanol–water partition coefficient (Wildman–Crippen LogP) is 4.36. The zero-order valence-corrected chi connectivity index (χ0v) is 40.9. The quantitative estimate of drug-likeness (QED) is 0.0697. The summed E-state index contributed by atoms with van der Waals surface area (Å²) in [6, 6.07) is 5.45. The number of imidazole rings is 1. The summed E-state index contributed by atoms with van der Waals surface area (Å²) in [7, 11) is 3.53. The number of likely N-dealkylation sites (tertiary alicyclic amines) is 1. The molecule has 3 aliphatic heterocycles. The molecule has 374 valence electrons. The van der Waals surface area contributed by atoms with E-state index in [1.165, 1.54) is 15.3 Å². The molecule has 3 aromatic heterocycles. The summed E-state index contributed by atoms with van der Waals surface area (Å²) < 4.78 is 16.3. The molecule has 2 aliphatic carbocycles. The first-order valence-electron chi connectivity index (χ1n) is 25.5. The van der Waals surface area contributed by atoms with Gasteiger partial charge in [-0.15, -0.1) is 0 Å². The first-order valence-corrected chi connectivity index (χ1v) is 25.5. The molecule has 0 radical (unpaired) electrons. The number of carbonyl (C=O) groups excluding carboxylic acids is 4. The van der Waals surface area contributed by atoms with Crippen LogP contribution < -0.4 is 21.6 Å². The van der Waals surface area contributed by atoms with Crippen LogP contribution in [0.3, 0.4) is 0 Å². The molecule has 4 aromatic rings. The summed E-state index contributed by atoms with van der Waals surface area (Å²) in [5.74, 6) is 7.20. The molecule has 0 bridgehead atoms. The molecule has 70 heavy (non-hydrogen) atoms. The highest BCUT2D eigenvalue weighted by atomic mass is 16.5. The molecule has 5 fully saturated rings. The standard InChI is InChI=1S/C51H68N12O7/c1-4-69-49(67)41-31-52-50(55-38-30-53-58(2)33-38)57-46(41)54-37-15-17-39(18-16-37)61-25-27-62(28-26-61)48(66)36-13-11-34(12-14-36)32-60-23-21-40(22-24-60)70-29-6-5-8-35-9-7-10-42-45(35)59(3)51(68)63(42)43-19-20-44(64)56-47(43)65/h7,9-10,30-31,33-34,36-37,39-40,43H,4,6,11-29,32H2,1-3H3,(H,56,64,65)(H2,52,54,55,57). The highest BCUT2D eigenvalue weighted by Gasteiger charge is 2.35. The summed E-state index contributed by atoms with van der Waals surface area (Å²) in [5, 5.41) is 13.3. The number of rotatable bonds is 14. The molecule has 19 heteroatoms. The molecule has 1 atom stereocenters. The van der Waals surface area contributed by atoms with Gasteiger partial charge in [-0.05, 0) is 95.6 Å². The SMILES string of the molecule is CCOC(=O)c1cnc(Nc2cnn(C)c2)nc1NC1CCC(N2CCN(C(=O)C3CCC(CN4CCC(OCCC#Cc5cccc6c5n(C)c(=O)n6C5CCC(=O)NC5=O)CC4)CC3)CC2)CC1. The number of esters is 1. The number of para-hydroxylation sites is 1. The number of carbonyl (C=O) groups is 4. The average Bonchev–Trinajstić information content (AvgIpc) is 3.90. The van der Waals surface area contributed by atoms with Gasteiger partial charge in [-0.2, -0.15) is 10.1 Å². The largest absolute Gasteiger partial charge is 0.462 e. The summed E-state index contributed by atoms with van der Waals surface area (Å²) in [4.78, 5) is 80.5. The number of ether oxygens (including phenoxy) is 2. The van der Waals surface area contributed by atoms with Crippen LogP contribution in [-0.4, -0.2) is 144 Å². The zero-order valence-electron chi connectivity index (χ0n) is 40.9. The van der Waals surface area contributed by atoms with Crippen LogP contribution in [0.2, 0.25) is 0 Å². The number of aryl methyl sites for hydroxylation is 2. The van der Waals surface area contributed by atoms with Gasteiger partial charge in [0, 0.05) is 103 Å². The molecule has 3 saturated heterocycles. The Labute approximate surface area is 409 Å². The fraction of sp³-hybridized carbons (Fsp3) is 0.608. The fourth-order valence-electron chi connectivity index (χ4n) is 11.3. The van der Waals surface area contributed by atoms with Crippen LogP contribution in [0.5, 0.6) is 0 Å². The van der Waals surface area contributed by atoms with Crippen molar-refractivity contribution in [1.82, 2.24) is 48.9 Å². The molecule has 2 saturated carbocycles. The number of piperidine rings is 2. The lowest BCUT2D eigenvalue weighted by molar-refractivity contribution is -0.139. The summed E-state index contributed by atoms with van der Waals surface area (Å²) in [6.45, 7) is 9.11. The molecule has 6 heterocycles. The molecular weight excluding hydrogens is 893 g/mol. The number of anilines is 3. The molecule has 0 spiro atoms. The van der Waals surface area contributed by atoms with Gasteiger partial charge in [0.15, 0.2) is 0 Å². The zero-order chi connectivity index (χ0) is 48.7. The van der Waals surface area contributed by atoms with Crippen LogP contribution in [0.15, 0.2) is 41.6 Å². The topological polar surface area (TPSA) is 203 Å². The number of nitrogens with one attached hydrogen (secondary N) is 3. The van der Waals surface area contributed by atoms with Crippen LogP contribution in [0.1, 0.15) is 112 Å². The van der Waals surface area contributed by atoms with Crippen molar-refractivity contribution in [1.29, 1.82) is 0 Å². The normalized spacial score (nSPS) is 23.9. The van der Waals surface area contributed by atoms with Crippen molar-refractivity contribution in [2.75, 3.05) is 69.7 Å². The minimum absolute atomic E-state index is 0.131. The van der Waals surface area contributed by atoms with Crippen molar-refractivity contribution in [3.05, 3.63) is 58.4 Å². The van der Waals surface area contributed by atoms with E-state index in [0.29, 0.717) is 64.8 Å². The van der Waals surface area contributed by atoms with Gasteiger partial charge in [0.1, 0.15) is 17.4 Å². The smallest absolute Gasteiger partial charge is 0.343 e. The number of imide groups is 1. The van der Waals surface area contributed by atoms with Crippen LogP contribution in [0.4, 0.5) is 17.5 Å². The second-order valence-electron chi connectivity index (χ2n) is 19.7. The molecular formula is C51H68N12O7. The van der Waals surface area contributed by atoms with E-state index in [-0.39, 0.29) is 49.1 Å². The van der Waals surface area contributed by atoms with Gasteiger partial charge in [0.25, 0.3) is 0 Å². The first kappa shape index (κ1) is 48.9. The second-order valence-corrected chi connectivity index (χ2v) is 19.7. The van der Waals surface area contributed by atoms with Gasteiger partial charge in [0.2, 0.25) is 23.7 Å². The highest BCUT2D eigenvalue weighted by Crippen LogP contribution is 2.33. The second kappa shape index (κ2) is 22.3. The van der Waals surface area contributed by atoms with Crippen molar-refractivity contribution in [2.24, 2.45) is 25.9 Å². The summed E-state index contributed by atoms with van der Waals surface area (Å²) >= 11 is 0. The number of amides is 3. The number of fused-ring (bicyclic) bond motifs is 1. The Morgan fingerprint density at radius 2 is 1.67 bits per heavy atom. The van der Waals surface area contributed by atoms with E-state index in [4.69, 9.17) is 9.47 Å². The maximum atomic E-state index is 13.8. The molecule has 3 N–H and O–H groups in total. The third kappa shape index (κ3) is 11.4. The van der Waals surface area contributed by atoms with Gasteiger partial charge in [-0.1, -0.05) is 17.9 Å². The maximum Gasteiger partial charge on any atom is 0.343 e. The van der Waals surface area contributed by atoms with E-state index >= 15 is 0 Å². The Balaban J connectivity index is 0.656. The lowest BCUT2D eigenvalue weighted by Crippen LogP contribution is -2.54. The van der Waals surface area contributed by atoms with Gasteiger partial charge in [-0.25, -0.2) is 14.6 Å². The number of piperazine rings is 1. The van der Waals surface area contributed by atoms with E-state index in [1.807, 2.05) is 31.4 Å². The Bertz CT molecular complexity index is 2630. The number of nitrogens with zero attached hydrogens (tertiary/aromatic N) is 9. The first-order chi connectivity index (χ1) is 34.0. The lowest BCUT2D eigenvalue weighted by Gasteiger charge is -2.43. The summed E-state index contributed by atoms with van der Waals surface area (Å²) in [6.07, 6.45) is 16.4. The number of hydrogen-bond donors (Lipinski definition) is 3. The van der Waals surface area contributed by atoms with Gasteiger partial charge in [-0.3, -0.25) is 38.4 Å². The lowest BCUT2D eigenvalue weighted by atomic mass is 9.80. The Morgan fingerprint density at radius 1 is 0.900 bits per heavy atom. The van der Waals surface area contributed by atoms with Crippen molar-refractivity contribution < 1.29 is 28.7 Å². The van der Waals surface area contributed by atoms with Crippen LogP contribution in [-0.2, 0) is 38.0 Å². The fourth-order valence-corrected chi connectivity index (χ4v) is 11.3. The summed E-state index contributed by atoms with van der Waals surface area (Å²) in [5.41, 5.74) is 2.79. The van der Waals surface area contributed by atoms with Crippen LogP contribution >= 0.6 is 0 Å². The third-order valence-electron chi connectivity index (χ3n) is 15.1. The molecule has 1 aromatic carbocycles. The van der Waals surface area contributed by atoms with Crippen molar-refractivity contribution in [3.63, 3.8) is 0 Å². The molecule has 9 rings (SSSR count). The Hall–Kier alpha value is -6.10. The van der Waals surface area contributed by atoms with Gasteiger partial charge >= 0.3 is 11.7 Å². The molecule has 1 unspecified atom stereocenters. The number of aromatic nitrogens is 6. The van der Waals surface area contributed by atoms with Gasteiger partial charge in [0.05, 0.1) is 47.8 Å². The minimum Gasteiger partial charge on any atom is -0.462 e. The van der Waals surface area contributed by atoms with E-state index in [9.17, 15) is 24.0 Å². The monoisotopic (exact) mass is 961 g/mol. The van der Waals surface area contributed by atoms with E-state index < -0.39 is 17.9 Å². The van der Waals surface area contributed by atoms with Crippen molar-refractivity contribution in [3.8, 4) is 11.8 Å². The maximum absolute atomic E-state index is 13.8. The molecule has 5 aliphatic rings. The third-order valence-corrected chi connectivity index (χ3v) is 15.1. The predicted molar refractivity (Wildman–Crippen MR) is 263 cm³/mol. The van der Waals surface area contributed by atoms with E-state index in [0.717, 1.165) is 116 Å². The van der Waals surface area contributed by atoms with Crippen molar-refractivity contribution in [2.45, 2.75) is 115 Å². The molecule has 19 nitrogen and oxygen atoms in total. The van der Waals surface area contributed by atoms with E-state index in [1.54, 1.807) is 24.9 Å². The Kier molecular flexibility index (Phi) is 15.6. The molecule has 3 amide bonds.